The molecule has 0 spiro atoms. The van der Waals surface area contributed by atoms with Crippen molar-refractivity contribution in [2.45, 2.75) is 23.2 Å². The lowest BCUT2D eigenvalue weighted by Gasteiger charge is -2.32. The fourth-order valence-electron chi connectivity index (χ4n) is 2.61. The highest BCUT2D eigenvalue weighted by molar-refractivity contribution is 8.00. The van der Waals surface area contributed by atoms with Crippen LogP contribution < -0.4 is 5.32 Å². The van der Waals surface area contributed by atoms with Gasteiger partial charge in [0.15, 0.2) is 0 Å². The van der Waals surface area contributed by atoms with Crippen LogP contribution in [0.2, 0.25) is 0 Å². The highest BCUT2D eigenvalue weighted by Crippen LogP contribution is 2.36. The van der Waals surface area contributed by atoms with Crippen molar-refractivity contribution >= 4 is 30.1 Å². The summed E-state index contributed by atoms with van der Waals surface area (Å²) in [7, 11) is 1.91. The van der Waals surface area contributed by atoms with Crippen molar-refractivity contribution in [3.8, 4) is 0 Å². The van der Waals surface area contributed by atoms with Crippen molar-refractivity contribution in [2.75, 3.05) is 26.7 Å². The van der Waals surface area contributed by atoms with Crippen LogP contribution >= 0.6 is 24.2 Å². The fourth-order valence-corrected chi connectivity index (χ4v) is 3.15. The van der Waals surface area contributed by atoms with Crippen LogP contribution in [0, 0.1) is 5.92 Å². The Hall–Kier alpha value is -0.920. The molecular weight excluding hydrogens is 349 g/mol. The molecule has 1 aliphatic rings. The normalized spacial score (nSPS) is 16.1. The maximum Gasteiger partial charge on any atom is 0.446 e. The lowest BCUT2D eigenvalue weighted by molar-refractivity contribution is -0.0328. The van der Waals surface area contributed by atoms with Gasteiger partial charge in [-0.3, -0.25) is 4.79 Å². The smallest absolute Gasteiger partial charge is 0.339 e. The van der Waals surface area contributed by atoms with Crippen LogP contribution in [-0.2, 0) is 0 Å². The average Bonchev–Trinajstić information content (AvgIpc) is 2.47. The second-order valence-electron chi connectivity index (χ2n) is 5.37. The highest BCUT2D eigenvalue weighted by Gasteiger charge is 2.29. The summed E-state index contributed by atoms with van der Waals surface area (Å²) in [5.41, 5.74) is -3.86. The molecule has 0 radical (unpaired) electrons. The molecule has 1 heterocycles. The first kappa shape index (κ1) is 20.1. The topological polar surface area (TPSA) is 32.3 Å². The van der Waals surface area contributed by atoms with E-state index >= 15 is 0 Å². The predicted octanol–water partition coefficient (Wildman–Crippen LogP) is 3.79. The largest absolute Gasteiger partial charge is 0.446 e. The minimum Gasteiger partial charge on any atom is -0.339 e. The van der Waals surface area contributed by atoms with Gasteiger partial charge in [0.1, 0.15) is 0 Å². The van der Waals surface area contributed by atoms with E-state index in [0.717, 1.165) is 19.4 Å². The molecule has 1 saturated heterocycles. The van der Waals surface area contributed by atoms with Gasteiger partial charge in [0.2, 0.25) is 0 Å². The molecule has 130 valence electrons. The third kappa shape index (κ3) is 6.24. The van der Waals surface area contributed by atoms with E-state index in [9.17, 15) is 18.0 Å². The predicted molar refractivity (Wildman–Crippen MR) is 88.2 cm³/mol. The molecule has 0 bridgehead atoms. The first-order valence-electron chi connectivity index (χ1n) is 7.19. The number of nitrogens with zero attached hydrogens (tertiary/aromatic N) is 1. The molecule has 1 fully saturated rings. The van der Waals surface area contributed by atoms with Gasteiger partial charge in [0.05, 0.1) is 0 Å². The molecule has 0 saturated carbocycles. The maximum atomic E-state index is 12.3. The van der Waals surface area contributed by atoms with Crippen LogP contribution in [0.25, 0.3) is 0 Å². The van der Waals surface area contributed by atoms with Crippen LogP contribution in [0.4, 0.5) is 13.2 Å². The van der Waals surface area contributed by atoms with Crippen LogP contribution in [0.5, 0.6) is 0 Å². The molecule has 8 heteroatoms. The summed E-state index contributed by atoms with van der Waals surface area (Å²) in [6.45, 7) is 2.35. The number of hydrogen-bond donors (Lipinski definition) is 1. The summed E-state index contributed by atoms with van der Waals surface area (Å²) in [6.07, 6.45) is 1.91. The van der Waals surface area contributed by atoms with Crippen molar-refractivity contribution in [3.63, 3.8) is 0 Å². The van der Waals surface area contributed by atoms with Gasteiger partial charge in [0.25, 0.3) is 5.91 Å². The zero-order chi connectivity index (χ0) is 16.2. The summed E-state index contributed by atoms with van der Waals surface area (Å²) in [5, 5.41) is 3.14. The number of amides is 1. The molecule has 1 amide bonds. The first-order chi connectivity index (χ1) is 10.4. The summed E-state index contributed by atoms with van der Waals surface area (Å²) in [4.78, 5) is 14.2. The van der Waals surface area contributed by atoms with E-state index in [1.54, 1.807) is 4.90 Å². The lowest BCUT2D eigenvalue weighted by atomic mass is 9.96. The van der Waals surface area contributed by atoms with Gasteiger partial charge in [-0.05, 0) is 68.4 Å². The van der Waals surface area contributed by atoms with E-state index in [0.29, 0.717) is 24.6 Å². The van der Waals surface area contributed by atoms with E-state index in [1.807, 2.05) is 7.05 Å². The van der Waals surface area contributed by atoms with Crippen molar-refractivity contribution in [1.82, 2.24) is 10.2 Å². The Morgan fingerprint density at radius 3 is 2.30 bits per heavy atom. The van der Waals surface area contributed by atoms with E-state index in [2.05, 4.69) is 5.32 Å². The molecule has 0 atom stereocenters. The van der Waals surface area contributed by atoms with Gasteiger partial charge in [-0.2, -0.15) is 13.2 Å². The summed E-state index contributed by atoms with van der Waals surface area (Å²) < 4.78 is 36.8. The summed E-state index contributed by atoms with van der Waals surface area (Å²) >= 11 is -0.169. The zero-order valence-corrected chi connectivity index (χ0v) is 14.4. The Labute approximate surface area is 144 Å². The average molecular weight is 369 g/mol. The van der Waals surface area contributed by atoms with Crippen molar-refractivity contribution in [1.29, 1.82) is 0 Å². The highest BCUT2D eigenvalue weighted by atomic mass is 35.5. The van der Waals surface area contributed by atoms with E-state index in [1.165, 1.54) is 24.3 Å². The number of carbonyl (C=O) groups is 1. The van der Waals surface area contributed by atoms with Gasteiger partial charge >= 0.3 is 5.51 Å². The van der Waals surface area contributed by atoms with Gasteiger partial charge in [-0.1, -0.05) is 0 Å². The van der Waals surface area contributed by atoms with Crippen molar-refractivity contribution in [2.24, 2.45) is 5.92 Å². The summed E-state index contributed by atoms with van der Waals surface area (Å²) in [6, 6.07) is 5.63. The van der Waals surface area contributed by atoms with E-state index in [4.69, 9.17) is 0 Å². The Bertz CT molecular complexity index is 502. The molecule has 1 aliphatic heterocycles. The monoisotopic (exact) mass is 368 g/mol. The molecule has 2 rings (SSSR count). The molecule has 0 aromatic heterocycles. The molecular formula is C15H20ClF3N2OS. The molecule has 0 aliphatic carbocycles. The maximum absolute atomic E-state index is 12.3. The molecule has 0 unspecified atom stereocenters. The SMILES string of the molecule is CNCC1CCN(C(=O)c2ccc(SC(F)(F)F)cc2)CC1.Cl. The third-order valence-corrected chi connectivity index (χ3v) is 4.47. The lowest BCUT2D eigenvalue weighted by Crippen LogP contribution is -2.40. The molecule has 3 nitrogen and oxygen atoms in total. The number of rotatable bonds is 4. The van der Waals surface area contributed by atoms with Gasteiger partial charge in [-0.15, -0.1) is 12.4 Å². The van der Waals surface area contributed by atoms with E-state index < -0.39 is 5.51 Å². The van der Waals surface area contributed by atoms with Crippen LogP contribution in [-0.4, -0.2) is 43.0 Å². The Kier molecular flexibility index (Phi) is 7.70. The Morgan fingerprint density at radius 2 is 1.83 bits per heavy atom. The van der Waals surface area contributed by atoms with E-state index in [-0.39, 0.29) is 35.0 Å². The van der Waals surface area contributed by atoms with Crippen molar-refractivity contribution in [3.05, 3.63) is 29.8 Å². The van der Waals surface area contributed by atoms with Crippen LogP contribution in [0.15, 0.2) is 29.2 Å². The molecule has 1 N–H and O–H groups in total. The second kappa shape index (κ2) is 8.80. The number of alkyl halides is 3. The number of thioether (sulfide) groups is 1. The van der Waals surface area contributed by atoms with Gasteiger partial charge in [0, 0.05) is 23.5 Å². The molecule has 1 aromatic rings. The number of likely N-dealkylation sites (tertiary alicyclic amines) is 1. The molecule has 23 heavy (non-hydrogen) atoms. The Balaban J connectivity index is 0.00000264. The third-order valence-electron chi connectivity index (χ3n) is 3.73. The molecule has 1 aromatic carbocycles. The quantitative estimate of drug-likeness (QED) is 0.821. The van der Waals surface area contributed by atoms with Crippen LogP contribution in [0.1, 0.15) is 23.2 Å². The standard InChI is InChI=1S/C15H19F3N2OS.ClH/c1-19-10-11-6-8-20(9-7-11)14(21)12-2-4-13(5-3-12)22-15(16,17)18;/h2-5,11,19H,6-10H2,1H3;1H. The fraction of sp³-hybridized carbons (Fsp3) is 0.533. The minimum absolute atomic E-state index is 0. The van der Waals surface area contributed by atoms with Crippen LogP contribution in [0.3, 0.4) is 0 Å². The number of hydrogen-bond acceptors (Lipinski definition) is 3. The van der Waals surface area contributed by atoms with Crippen molar-refractivity contribution < 1.29 is 18.0 Å². The van der Waals surface area contributed by atoms with Gasteiger partial charge in [-0.25, -0.2) is 0 Å². The number of halogens is 4. The second-order valence-corrected chi connectivity index (χ2v) is 6.50. The number of nitrogens with one attached hydrogen (secondary N) is 1. The van der Waals surface area contributed by atoms with Gasteiger partial charge < -0.3 is 10.2 Å². The zero-order valence-electron chi connectivity index (χ0n) is 12.7. The minimum atomic E-state index is -4.30. The number of carbonyl (C=O) groups excluding carboxylic acids is 1. The number of benzene rings is 1. The summed E-state index contributed by atoms with van der Waals surface area (Å²) in [5.74, 6) is 0.478. The first-order valence-corrected chi connectivity index (χ1v) is 8.00. The number of piperidine rings is 1. The Morgan fingerprint density at radius 1 is 1.26 bits per heavy atom.